The molecule has 15 heteroatoms. The van der Waals surface area contributed by atoms with E-state index in [4.69, 9.17) is 24.2 Å². The molecule has 15 nitrogen and oxygen atoms in total. The molecule has 3 aliphatic heterocycles. The summed E-state index contributed by atoms with van der Waals surface area (Å²) in [6, 6.07) is 12.7. The average molecular weight is 819 g/mol. The van der Waals surface area contributed by atoms with Gasteiger partial charge in [-0.05, 0) is 90.3 Å². The van der Waals surface area contributed by atoms with Gasteiger partial charge in [-0.1, -0.05) is 52.8 Å². The van der Waals surface area contributed by atoms with Crippen LogP contribution in [0, 0.1) is 17.8 Å². The quantitative estimate of drug-likeness (QED) is 0.118. The van der Waals surface area contributed by atoms with Crippen LogP contribution in [0.3, 0.4) is 0 Å². The molecular formula is C45H54N8O7. The van der Waals surface area contributed by atoms with Crippen molar-refractivity contribution < 1.29 is 33.4 Å². The monoisotopic (exact) mass is 818 g/mol. The van der Waals surface area contributed by atoms with Gasteiger partial charge >= 0.3 is 12.2 Å². The Labute approximate surface area is 348 Å². The van der Waals surface area contributed by atoms with E-state index in [1.807, 2.05) is 56.7 Å². The lowest BCUT2D eigenvalue weighted by atomic mass is 9.92. The topological polar surface area (TPSA) is 184 Å². The van der Waals surface area contributed by atoms with Gasteiger partial charge in [0.05, 0.1) is 49.2 Å². The SMILES string of the molecule is COC(=O)NC(C(=O)N1CC(C)CC1c1ncc(-c2ccc3c(c2)COc2cc4c(ccc5[nH]c(C6CCC(C)N6C(=O)C(NC(=O)OC)C(C)C)nc54)cc2-3)[nH]1)C(C)C. The molecular weight excluding hydrogens is 765 g/mol. The first-order chi connectivity index (χ1) is 28.8. The summed E-state index contributed by atoms with van der Waals surface area (Å²) in [7, 11) is 2.59. The van der Waals surface area contributed by atoms with Crippen molar-refractivity contribution in [1.29, 1.82) is 0 Å². The van der Waals surface area contributed by atoms with E-state index in [9.17, 15) is 19.2 Å². The highest BCUT2D eigenvalue weighted by Gasteiger charge is 2.42. The minimum Gasteiger partial charge on any atom is -0.488 e. The maximum Gasteiger partial charge on any atom is 0.407 e. The fraction of sp³-hybridized carbons (Fsp3) is 0.467. The van der Waals surface area contributed by atoms with E-state index in [-0.39, 0.29) is 47.7 Å². The minimum absolute atomic E-state index is 0.0255. The Morgan fingerprint density at radius 3 is 2.25 bits per heavy atom. The van der Waals surface area contributed by atoms with Crippen LogP contribution in [0.25, 0.3) is 44.2 Å². The lowest BCUT2D eigenvalue weighted by Gasteiger charge is -2.32. The molecule has 0 bridgehead atoms. The van der Waals surface area contributed by atoms with Crippen molar-refractivity contribution in [1.82, 2.24) is 40.4 Å². The first kappa shape index (κ1) is 40.7. The molecule has 2 fully saturated rings. The average Bonchev–Trinajstić information content (AvgIpc) is 4.05. The lowest BCUT2D eigenvalue weighted by Crippen LogP contribution is -2.52. The highest BCUT2D eigenvalue weighted by Crippen LogP contribution is 2.44. The number of carbonyl (C=O) groups excluding carboxylic acids is 4. The van der Waals surface area contributed by atoms with Crippen LogP contribution in [0.15, 0.2) is 48.7 Å². The molecule has 5 aromatic rings. The van der Waals surface area contributed by atoms with Crippen LogP contribution in [-0.2, 0) is 25.7 Å². The number of rotatable bonds is 9. The Bertz CT molecular complexity index is 2470. The van der Waals surface area contributed by atoms with Crippen molar-refractivity contribution in [3.8, 4) is 28.1 Å². The molecule has 3 aliphatic rings. The molecule has 3 aromatic carbocycles. The zero-order valence-electron chi connectivity index (χ0n) is 35.4. The standard InChI is InChI=1S/C45H54N8O7/c1-22(2)37(50-44(56)58-7)42(54)52-20-24(5)15-35(52)40-46-19-33(48-40)27-10-12-29-28(16-27)21-60-36-18-30-26(17-31(29)36)11-13-32-39(30)49-41(47-32)34-14-9-25(6)53(34)43(55)38(23(3)4)51-45(57)59-8/h10-13,16-19,22-25,34-35,37-38H,9,14-15,20-21H2,1-8H3,(H,46,48)(H,47,49)(H,50,56)(H,51,57). The van der Waals surface area contributed by atoms with Crippen LogP contribution in [0.1, 0.15) is 90.1 Å². The first-order valence-electron chi connectivity index (χ1n) is 20.9. The van der Waals surface area contributed by atoms with Crippen LogP contribution in [0.5, 0.6) is 5.75 Å². The van der Waals surface area contributed by atoms with E-state index in [1.54, 1.807) is 0 Å². The van der Waals surface area contributed by atoms with Gasteiger partial charge < -0.3 is 44.6 Å². The van der Waals surface area contributed by atoms with Gasteiger partial charge in [0.1, 0.15) is 36.1 Å². The number of ether oxygens (including phenoxy) is 3. The first-order valence-corrected chi connectivity index (χ1v) is 20.9. The third-order valence-electron chi connectivity index (χ3n) is 12.4. The zero-order valence-corrected chi connectivity index (χ0v) is 35.4. The molecule has 0 saturated carbocycles. The van der Waals surface area contributed by atoms with Crippen LogP contribution in [-0.4, -0.2) is 92.6 Å². The number of carbonyl (C=O) groups is 4. The molecule has 6 atom stereocenters. The van der Waals surface area contributed by atoms with E-state index in [1.165, 1.54) is 14.2 Å². The normalized spacial score (nSPS) is 20.8. The Hall–Kier alpha value is -6.12. The zero-order chi connectivity index (χ0) is 42.6. The fourth-order valence-corrected chi connectivity index (χ4v) is 9.19. The largest absolute Gasteiger partial charge is 0.488 e. The van der Waals surface area contributed by atoms with E-state index in [2.05, 4.69) is 63.9 Å². The molecule has 60 heavy (non-hydrogen) atoms. The van der Waals surface area contributed by atoms with Gasteiger partial charge in [-0.15, -0.1) is 0 Å². The predicted molar refractivity (Wildman–Crippen MR) is 226 cm³/mol. The molecule has 0 aliphatic carbocycles. The van der Waals surface area contributed by atoms with E-state index in [0.29, 0.717) is 24.8 Å². The summed E-state index contributed by atoms with van der Waals surface area (Å²) in [6.45, 7) is 12.7. The molecule has 4 amide bonds. The number of imidazole rings is 2. The van der Waals surface area contributed by atoms with E-state index in [0.717, 1.165) is 74.8 Å². The second-order valence-corrected chi connectivity index (χ2v) is 17.2. The molecule has 316 valence electrons. The van der Waals surface area contributed by atoms with Gasteiger partial charge in [0.15, 0.2) is 0 Å². The number of aromatic amines is 2. The maximum absolute atomic E-state index is 14.0. The molecule has 2 aromatic heterocycles. The predicted octanol–water partition coefficient (Wildman–Crippen LogP) is 7.39. The Kier molecular flexibility index (Phi) is 10.9. The number of hydrogen-bond acceptors (Lipinski definition) is 9. The molecule has 2 saturated heterocycles. The summed E-state index contributed by atoms with van der Waals surface area (Å²) in [6.07, 6.45) is 2.87. The summed E-state index contributed by atoms with van der Waals surface area (Å²) in [5.41, 5.74) is 6.58. The summed E-state index contributed by atoms with van der Waals surface area (Å²) >= 11 is 0. The smallest absolute Gasteiger partial charge is 0.407 e. The van der Waals surface area contributed by atoms with Gasteiger partial charge in [-0.3, -0.25) is 9.59 Å². The Morgan fingerprint density at radius 1 is 0.833 bits per heavy atom. The van der Waals surface area contributed by atoms with Gasteiger partial charge in [0.25, 0.3) is 0 Å². The number of amides is 4. The number of nitrogens with one attached hydrogen (secondary N) is 4. The molecule has 6 unspecified atom stereocenters. The number of fused-ring (bicyclic) bond motifs is 6. The van der Waals surface area contributed by atoms with E-state index >= 15 is 0 Å². The van der Waals surface area contributed by atoms with Gasteiger partial charge in [0.2, 0.25) is 11.8 Å². The summed E-state index contributed by atoms with van der Waals surface area (Å²) in [5, 5.41) is 7.42. The van der Waals surface area contributed by atoms with E-state index < -0.39 is 24.3 Å². The number of likely N-dealkylation sites (tertiary alicyclic amines) is 2. The third kappa shape index (κ3) is 7.38. The van der Waals surface area contributed by atoms with Crippen molar-refractivity contribution in [2.24, 2.45) is 17.8 Å². The second kappa shape index (κ2) is 16.1. The van der Waals surface area contributed by atoms with Gasteiger partial charge in [-0.2, -0.15) is 0 Å². The molecule has 0 radical (unpaired) electrons. The number of benzene rings is 3. The molecule has 4 N–H and O–H groups in total. The van der Waals surface area contributed by atoms with Crippen molar-refractivity contribution in [3.63, 3.8) is 0 Å². The highest BCUT2D eigenvalue weighted by atomic mass is 16.5. The lowest BCUT2D eigenvalue weighted by molar-refractivity contribution is -0.137. The summed E-state index contributed by atoms with van der Waals surface area (Å²) < 4.78 is 16.0. The second-order valence-electron chi connectivity index (χ2n) is 17.2. The van der Waals surface area contributed by atoms with Crippen molar-refractivity contribution in [2.45, 2.75) is 97.6 Å². The number of H-pyrrole nitrogens is 2. The van der Waals surface area contributed by atoms with Crippen molar-refractivity contribution in [3.05, 3.63) is 65.9 Å². The van der Waals surface area contributed by atoms with Crippen LogP contribution < -0.4 is 15.4 Å². The summed E-state index contributed by atoms with van der Waals surface area (Å²) in [4.78, 5) is 72.6. The number of alkyl carbamates (subject to hydrolysis) is 2. The molecule has 8 rings (SSSR count). The van der Waals surface area contributed by atoms with Crippen LogP contribution in [0.2, 0.25) is 0 Å². The van der Waals surface area contributed by atoms with Crippen molar-refractivity contribution >= 4 is 45.8 Å². The fourth-order valence-electron chi connectivity index (χ4n) is 9.19. The molecule has 5 heterocycles. The summed E-state index contributed by atoms with van der Waals surface area (Å²) in [5.74, 6) is 1.89. The maximum atomic E-state index is 14.0. The van der Waals surface area contributed by atoms with Crippen LogP contribution >= 0.6 is 0 Å². The van der Waals surface area contributed by atoms with Gasteiger partial charge in [0, 0.05) is 23.5 Å². The van der Waals surface area contributed by atoms with Gasteiger partial charge in [-0.25, -0.2) is 19.6 Å². The minimum atomic E-state index is -0.726. The highest BCUT2D eigenvalue weighted by molar-refractivity contribution is 6.07. The number of aromatic nitrogens is 4. The Balaban J connectivity index is 1.05. The third-order valence-corrected chi connectivity index (χ3v) is 12.4. The van der Waals surface area contributed by atoms with Crippen molar-refractivity contribution in [2.75, 3.05) is 20.8 Å². The molecule has 0 spiro atoms. The number of nitrogens with zero attached hydrogens (tertiary/aromatic N) is 4. The van der Waals surface area contributed by atoms with Crippen LogP contribution in [0.4, 0.5) is 9.59 Å². The Morgan fingerprint density at radius 2 is 1.55 bits per heavy atom. The number of methoxy groups -OCH3 is 2. The number of hydrogen-bond donors (Lipinski definition) is 4.